The van der Waals surface area contributed by atoms with Crippen molar-refractivity contribution >= 4 is 34.9 Å². The third-order valence-corrected chi connectivity index (χ3v) is 5.72. The number of amidine groups is 1. The summed E-state index contributed by atoms with van der Waals surface area (Å²) in [6, 6.07) is 8.22. The molecule has 1 saturated heterocycles. The highest BCUT2D eigenvalue weighted by Gasteiger charge is 2.31. The number of thioether (sulfide) groups is 1. The van der Waals surface area contributed by atoms with Crippen LogP contribution in [0.5, 0.6) is 0 Å². The van der Waals surface area contributed by atoms with E-state index in [1.165, 1.54) is 17.3 Å². The Labute approximate surface area is 158 Å². The number of esters is 1. The number of carbonyl (C=O) groups is 2. The summed E-state index contributed by atoms with van der Waals surface area (Å²) in [6.45, 7) is 5.81. The number of hydrogen-bond donors (Lipinski definition) is 0. The summed E-state index contributed by atoms with van der Waals surface area (Å²) in [6.07, 6.45) is 4.38. The molecule has 0 spiro atoms. The summed E-state index contributed by atoms with van der Waals surface area (Å²) in [5.41, 5.74) is 2.29. The average Bonchev–Trinajstić information content (AvgIpc) is 3.03. The lowest BCUT2D eigenvalue weighted by molar-refractivity contribution is -0.149. The van der Waals surface area contributed by atoms with Crippen LogP contribution in [0.1, 0.15) is 37.8 Å². The van der Waals surface area contributed by atoms with Crippen LogP contribution < -0.4 is 0 Å². The summed E-state index contributed by atoms with van der Waals surface area (Å²) < 4.78 is 5.10. The van der Waals surface area contributed by atoms with Gasteiger partial charge in [-0.15, -0.1) is 0 Å². The van der Waals surface area contributed by atoms with E-state index in [4.69, 9.17) is 4.74 Å². The predicted molar refractivity (Wildman–Crippen MR) is 105 cm³/mol. The van der Waals surface area contributed by atoms with Gasteiger partial charge in [-0.05, 0) is 55.2 Å². The van der Waals surface area contributed by atoms with Gasteiger partial charge in [-0.3, -0.25) is 9.59 Å². The van der Waals surface area contributed by atoms with Crippen molar-refractivity contribution in [3.05, 3.63) is 40.3 Å². The Bertz CT molecular complexity index is 732. The molecule has 5 nitrogen and oxygen atoms in total. The Morgan fingerprint density at radius 1 is 1.27 bits per heavy atom. The minimum absolute atomic E-state index is 0.0407. The van der Waals surface area contributed by atoms with Crippen LogP contribution in [0.15, 0.2) is 34.2 Å². The van der Waals surface area contributed by atoms with Gasteiger partial charge in [-0.2, -0.15) is 4.99 Å². The first kappa shape index (κ1) is 18.7. The minimum Gasteiger partial charge on any atom is -0.466 e. The Hall–Kier alpha value is -2.08. The molecule has 0 aromatic heterocycles. The van der Waals surface area contributed by atoms with Gasteiger partial charge in [0.15, 0.2) is 5.17 Å². The van der Waals surface area contributed by atoms with Gasteiger partial charge in [-0.1, -0.05) is 31.2 Å². The number of ether oxygens (including phenoxy) is 1. The molecule has 0 saturated carbocycles. The molecule has 1 aromatic carbocycles. The number of rotatable bonds is 4. The Morgan fingerprint density at radius 2 is 1.96 bits per heavy atom. The maximum atomic E-state index is 12.2. The number of carbonyl (C=O) groups excluding carboxylic acids is 2. The monoisotopic (exact) mass is 372 g/mol. The van der Waals surface area contributed by atoms with Crippen LogP contribution in [0.3, 0.4) is 0 Å². The molecule has 0 radical (unpaired) electrons. The first-order chi connectivity index (χ1) is 12.6. The fourth-order valence-electron chi connectivity index (χ4n) is 3.10. The van der Waals surface area contributed by atoms with Crippen LogP contribution in [0.25, 0.3) is 6.08 Å². The van der Waals surface area contributed by atoms with Crippen LogP contribution in [0.2, 0.25) is 0 Å². The molecule has 2 aliphatic rings. The molecular formula is C20H24N2O3S. The van der Waals surface area contributed by atoms with E-state index < -0.39 is 0 Å². The third-order valence-electron chi connectivity index (χ3n) is 4.68. The van der Waals surface area contributed by atoms with Crippen molar-refractivity contribution in [3.8, 4) is 0 Å². The number of aliphatic imine (C=N–C) groups is 1. The molecule has 0 bridgehead atoms. The van der Waals surface area contributed by atoms with E-state index >= 15 is 0 Å². The number of likely N-dealkylation sites (tertiary alicyclic amines) is 1. The standard InChI is InChI=1S/C20H24N2O3S/c1-3-14-5-7-15(8-6-14)13-17-18(23)21-20(26-17)22-11-9-16(10-12-22)19(24)25-4-2/h5-8,13,16H,3-4,9-12H2,1-2H3/b17-13-. The van der Waals surface area contributed by atoms with Crippen LogP contribution in [-0.2, 0) is 20.7 Å². The predicted octanol–water partition coefficient (Wildman–Crippen LogP) is 3.49. The van der Waals surface area contributed by atoms with Gasteiger partial charge in [0.2, 0.25) is 0 Å². The van der Waals surface area contributed by atoms with E-state index in [0.717, 1.165) is 43.1 Å². The average molecular weight is 372 g/mol. The highest BCUT2D eigenvalue weighted by Crippen LogP contribution is 2.32. The van der Waals surface area contributed by atoms with E-state index in [-0.39, 0.29) is 17.8 Å². The molecule has 2 heterocycles. The number of aryl methyl sites for hydroxylation is 1. The van der Waals surface area contributed by atoms with Gasteiger partial charge < -0.3 is 9.64 Å². The van der Waals surface area contributed by atoms with Crippen molar-refractivity contribution in [2.75, 3.05) is 19.7 Å². The zero-order valence-electron chi connectivity index (χ0n) is 15.2. The Morgan fingerprint density at radius 3 is 2.58 bits per heavy atom. The van der Waals surface area contributed by atoms with E-state index in [9.17, 15) is 9.59 Å². The zero-order valence-corrected chi connectivity index (χ0v) is 16.1. The van der Waals surface area contributed by atoms with E-state index in [1.54, 1.807) is 0 Å². The molecular weight excluding hydrogens is 348 g/mol. The summed E-state index contributed by atoms with van der Waals surface area (Å²) in [5.74, 6) is -0.335. The fraction of sp³-hybridized carbons (Fsp3) is 0.450. The molecule has 0 unspecified atom stereocenters. The van der Waals surface area contributed by atoms with Crippen LogP contribution in [0, 0.1) is 5.92 Å². The van der Waals surface area contributed by atoms with Gasteiger partial charge in [0, 0.05) is 13.1 Å². The molecule has 1 aromatic rings. The highest BCUT2D eigenvalue weighted by molar-refractivity contribution is 8.18. The first-order valence-corrected chi connectivity index (χ1v) is 9.95. The molecule has 0 aliphatic carbocycles. The third kappa shape index (κ3) is 4.36. The highest BCUT2D eigenvalue weighted by atomic mass is 32.2. The Kier molecular flexibility index (Phi) is 6.14. The van der Waals surface area contributed by atoms with Crippen LogP contribution >= 0.6 is 11.8 Å². The van der Waals surface area contributed by atoms with E-state index in [2.05, 4.69) is 28.9 Å². The number of nitrogens with zero attached hydrogens (tertiary/aromatic N) is 2. The summed E-state index contributed by atoms with van der Waals surface area (Å²) in [7, 11) is 0. The molecule has 0 N–H and O–H groups in total. The molecule has 1 fully saturated rings. The largest absolute Gasteiger partial charge is 0.466 e. The van der Waals surface area contributed by atoms with Crippen molar-refractivity contribution in [3.63, 3.8) is 0 Å². The number of hydrogen-bond acceptors (Lipinski definition) is 5. The topological polar surface area (TPSA) is 59.0 Å². The van der Waals surface area contributed by atoms with Gasteiger partial charge in [-0.25, -0.2) is 0 Å². The lowest BCUT2D eigenvalue weighted by Crippen LogP contribution is -2.39. The molecule has 2 aliphatic heterocycles. The van der Waals surface area contributed by atoms with Gasteiger partial charge >= 0.3 is 5.97 Å². The zero-order chi connectivity index (χ0) is 18.5. The van der Waals surface area contributed by atoms with Crippen molar-refractivity contribution in [2.45, 2.75) is 33.1 Å². The van der Waals surface area contributed by atoms with Gasteiger partial charge in [0.1, 0.15) is 0 Å². The molecule has 6 heteroatoms. The lowest BCUT2D eigenvalue weighted by atomic mass is 9.97. The molecule has 138 valence electrons. The fourth-order valence-corrected chi connectivity index (χ4v) is 4.07. The smallest absolute Gasteiger partial charge is 0.309 e. The van der Waals surface area contributed by atoms with Crippen LogP contribution in [-0.4, -0.2) is 41.6 Å². The second-order valence-corrected chi connectivity index (χ2v) is 7.43. The second-order valence-electron chi connectivity index (χ2n) is 6.42. The van der Waals surface area contributed by atoms with Crippen molar-refractivity contribution in [1.82, 2.24) is 4.90 Å². The molecule has 0 atom stereocenters. The molecule has 1 amide bonds. The van der Waals surface area contributed by atoms with E-state index in [0.29, 0.717) is 11.5 Å². The first-order valence-electron chi connectivity index (χ1n) is 9.13. The van der Waals surface area contributed by atoms with Crippen LogP contribution in [0.4, 0.5) is 0 Å². The van der Waals surface area contributed by atoms with E-state index in [1.807, 2.05) is 25.1 Å². The SMILES string of the molecule is CCOC(=O)C1CCN(C2=NC(=O)/C(=C/c3ccc(CC)cc3)S2)CC1. The molecule has 3 rings (SSSR count). The van der Waals surface area contributed by atoms with Crippen molar-refractivity contribution in [2.24, 2.45) is 10.9 Å². The lowest BCUT2D eigenvalue weighted by Gasteiger charge is -2.31. The van der Waals surface area contributed by atoms with Gasteiger partial charge in [0.05, 0.1) is 17.4 Å². The normalized spacial score (nSPS) is 19.8. The summed E-state index contributed by atoms with van der Waals surface area (Å²) in [5, 5.41) is 0.744. The van der Waals surface area contributed by atoms with Crippen molar-refractivity contribution in [1.29, 1.82) is 0 Å². The second kappa shape index (κ2) is 8.54. The summed E-state index contributed by atoms with van der Waals surface area (Å²) in [4.78, 5) is 31.0. The number of benzene rings is 1. The Balaban J connectivity index is 1.60. The molecule has 26 heavy (non-hydrogen) atoms. The summed E-state index contributed by atoms with van der Waals surface area (Å²) >= 11 is 1.42. The van der Waals surface area contributed by atoms with Gasteiger partial charge in [0.25, 0.3) is 5.91 Å². The quantitative estimate of drug-likeness (QED) is 0.598. The van der Waals surface area contributed by atoms with Crippen molar-refractivity contribution < 1.29 is 14.3 Å². The minimum atomic E-state index is -0.183. The number of piperidine rings is 1. The number of amides is 1. The maximum absolute atomic E-state index is 12.2. The maximum Gasteiger partial charge on any atom is 0.309 e.